The zero-order valence-electron chi connectivity index (χ0n) is 11.0. The Hall–Kier alpha value is -1.04. The molecule has 0 saturated heterocycles. The summed E-state index contributed by atoms with van der Waals surface area (Å²) in [6.45, 7) is 8.23. The number of hydrogen-bond acceptors (Lipinski definition) is 2. The van der Waals surface area contributed by atoms with Crippen LogP contribution in [0.4, 0.5) is 0 Å². The second-order valence-corrected chi connectivity index (χ2v) is 5.74. The van der Waals surface area contributed by atoms with Gasteiger partial charge in [-0.1, -0.05) is 13.8 Å². The molecule has 1 rings (SSSR count). The molecule has 0 aromatic carbocycles. The molecule has 1 aliphatic rings. The molecular weight excluding hydrogens is 200 g/mol. The van der Waals surface area contributed by atoms with Crippen LogP contribution in [-0.2, 0) is 4.79 Å². The summed E-state index contributed by atoms with van der Waals surface area (Å²) in [4.78, 5) is 14.1. The smallest absolute Gasteiger partial charge is 0.243 e. The highest BCUT2D eigenvalue weighted by molar-refractivity contribution is 5.87. The minimum Gasteiger partial charge on any atom is -0.339 e. The number of amides is 1. The molecule has 0 unspecified atom stereocenters. The third-order valence-corrected chi connectivity index (χ3v) is 4.10. The molecule has 90 valence electrons. The number of carbonyl (C=O) groups is 1. The van der Waals surface area contributed by atoms with E-state index < -0.39 is 5.41 Å². The van der Waals surface area contributed by atoms with Crippen molar-refractivity contribution in [1.82, 2.24) is 4.90 Å². The van der Waals surface area contributed by atoms with Gasteiger partial charge in [-0.15, -0.1) is 0 Å². The van der Waals surface area contributed by atoms with Crippen LogP contribution >= 0.6 is 0 Å². The average Bonchev–Trinajstić information content (AvgIpc) is 2.22. The predicted octanol–water partition coefficient (Wildman–Crippen LogP) is 2.57. The van der Waals surface area contributed by atoms with Crippen molar-refractivity contribution in [3.8, 4) is 6.07 Å². The van der Waals surface area contributed by atoms with Gasteiger partial charge in [0, 0.05) is 12.6 Å². The topological polar surface area (TPSA) is 44.1 Å². The van der Waals surface area contributed by atoms with E-state index in [1.807, 2.05) is 20.9 Å². The summed E-state index contributed by atoms with van der Waals surface area (Å²) in [7, 11) is 1.81. The normalized spacial score (nSPS) is 29.1. The molecule has 0 N–H and O–H groups in total. The molecule has 0 atom stereocenters. The van der Waals surface area contributed by atoms with Crippen molar-refractivity contribution in [3.05, 3.63) is 0 Å². The van der Waals surface area contributed by atoms with Crippen LogP contribution < -0.4 is 0 Å². The van der Waals surface area contributed by atoms with Gasteiger partial charge in [-0.25, -0.2) is 0 Å². The van der Waals surface area contributed by atoms with E-state index >= 15 is 0 Å². The van der Waals surface area contributed by atoms with Gasteiger partial charge < -0.3 is 4.90 Å². The average molecular weight is 222 g/mol. The first-order valence-corrected chi connectivity index (χ1v) is 5.98. The molecule has 3 nitrogen and oxygen atoms in total. The number of carbonyl (C=O) groups excluding carboxylic acids is 1. The molecule has 1 aliphatic carbocycles. The van der Waals surface area contributed by atoms with E-state index in [-0.39, 0.29) is 11.4 Å². The van der Waals surface area contributed by atoms with Crippen molar-refractivity contribution >= 4 is 5.91 Å². The molecule has 1 fully saturated rings. The van der Waals surface area contributed by atoms with E-state index in [0.29, 0.717) is 18.8 Å². The fraction of sp³-hybridized carbons (Fsp3) is 0.846. The predicted molar refractivity (Wildman–Crippen MR) is 63.6 cm³/mol. The second kappa shape index (κ2) is 4.08. The van der Waals surface area contributed by atoms with Gasteiger partial charge in [0.1, 0.15) is 5.41 Å². The molecule has 1 amide bonds. The minimum absolute atomic E-state index is 0.0000463. The fourth-order valence-electron chi connectivity index (χ4n) is 2.28. The molecule has 0 bridgehead atoms. The number of nitriles is 1. The molecule has 0 spiro atoms. The van der Waals surface area contributed by atoms with Crippen molar-refractivity contribution in [2.24, 2.45) is 11.3 Å². The van der Waals surface area contributed by atoms with Gasteiger partial charge in [0.15, 0.2) is 0 Å². The quantitative estimate of drug-likeness (QED) is 0.736. The van der Waals surface area contributed by atoms with Crippen molar-refractivity contribution in [2.45, 2.75) is 52.5 Å². The van der Waals surface area contributed by atoms with E-state index in [1.165, 1.54) is 0 Å². The Kier molecular flexibility index (Phi) is 3.33. The summed E-state index contributed by atoms with van der Waals surface area (Å²) in [6.07, 6.45) is 2.32. The Morgan fingerprint density at radius 2 is 2.06 bits per heavy atom. The van der Waals surface area contributed by atoms with Gasteiger partial charge in [0.2, 0.25) is 5.91 Å². The zero-order valence-corrected chi connectivity index (χ0v) is 11.0. The van der Waals surface area contributed by atoms with E-state index in [1.54, 1.807) is 4.90 Å². The van der Waals surface area contributed by atoms with Crippen molar-refractivity contribution in [1.29, 1.82) is 5.26 Å². The summed E-state index contributed by atoms with van der Waals surface area (Å²) >= 11 is 0. The lowest BCUT2D eigenvalue weighted by Gasteiger charge is -2.45. The van der Waals surface area contributed by atoms with Crippen molar-refractivity contribution < 1.29 is 4.79 Å². The molecule has 0 aliphatic heterocycles. The van der Waals surface area contributed by atoms with Crippen LogP contribution in [0, 0.1) is 22.7 Å². The lowest BCUT2D eigenvalue weighted by atomic mass is 9.62. The Labute approximate surface area is 98.4 Å². The highest BCUT2D eigenvalue weighted by Gasteiger charge is 2.51. The first kappa shape index (κ1) is 13.0. The van der Waals surface area contributed by atoms with Gasteiger partial charge in [0.05, 0.1) is 6.07 Å². The maximum atomic E-state index is 12.3. The van der Waals surface area contributed by atoms with Gasteiger partial charge in [0.25, 0.3) is 0 Å². The maximum absolute atomic E-state index is 12.3. The highest BCUT2D eigenvalue weighted by Crippen LogP contribution is 2.46. The third-order valence-electron chi connectivity index (χ3n) is 4.10. The van der Waals surface area contributed by atoms with Crippen LogP contribution in [-0.4, -0.2) is 23.4 Å². The van der Waals surface area contributed by atoms with E-state index in [9.17, 15) is 10.1 Å². The van der Waals surface area contributed by atoms with E-state index in [2.05, 4.69) is 19.9 Å². The van der Waals surface area contributed by atoms with Crippen molar-refractivity contribution in [2.75, 3.05) is 7.05 Å². The fourth-order valence-corrected chi connectivity index (χ4v) is 2.28. The first-order chi connectivity index (χ1) is 7.29. The highest BCUT2D eigenvalue weighted by atomic mass is 16.2. The van der Waals surface area contributed by atoms with E-state index in [0.717, 1.165) is 6.42 Å². The first-order valence-electron chi connectivity index (χ1n) is 5.98. The molecule has 0 aromatic heterocycles. The summed E-state index contributed by atoms with van der Waals surface area (Å²) < 4.78 is 0. The number of hydrogen-bond donors (Lipinski definition) is 0. The Morgan fingerprint density at radius 3 is 2.38 bits per heavy atom. The molecule has 16 heavy (non-hydrogen) atoms. The van der Waals surface area contributed by atoms with Crippen LogP contribution in [0.5, 0.6) is 0 Å². The number of nitrogens with zero attached hydrogens (tertiary/aromatic N) is 2. The monoisotopic (exact) mass is 222 g/mol. The van der Waals surface area contributed by atoms with Crippen molar-refractivity contribution in [3.63, 3.8) is 0 Å². The van der Waals surface area contributed by atoms with Gasteiger partial charge >= 0.3 is 0 Å². The van der Waals surface area contributed by atoms with Crippen LogP contribution in [0.15, 0.2) is 0 Å². The SMILES string of the molecule is CCC(C)(C)N(C)C(=O)C1(C#N)CC(C)C1. The summed E-state index contributed by atoms with van der Waals surface area (Å²) in [5, 5.41) is 9.21. The van der Waals surface area contributed by atoms with Crippen LogP contribution in [0.3, 0.4) is 0 Å². The molecular formula is C13H22N2O. The zero-order chi connectivity index (χ0) is 12.6. The van der Waals surface area contributed by atoms with Gasteiger partial charge in [-0.05, 0) is 39.0 Å². The largest absolute Gasteiger partial charge is 0.339 e. The summed E-state index contributed by atoms with van der Waals surface area (Å²) in [5.41, 5.74) is -0.902. The number of rotatable bonds is 3. The lowest BCUT2D eigenvalue weighted by Crippen LogP contribution is -2.54. The maximum Gasteiger partial charge on any atom is 0.243 e. The molecule has 0 heterocycles. The van der Waals surface area contributed by atoms with Gasteiger partial charge in [-0.2, -0.15) is 5.26 Å². The Morgan fingerprint density at radius 1 is 1.56 bits per heavy atom. The molecule has 3 heteroatoms. The Bertz CT molecular complexity index is 321. The Balaban J connectivity index is 2.83. The van der Waals surface area contributed by atoms with Crippen LogP contribution in [0.25, 0.3) is 0 Å². The summed E-state index contributed by atoms with van der Waals surface area (Å²) in [6, 6.07) is 2.23. The second-order valence-electron chi connectivity index (χ2n) is 5.74. The van der Waals surface area contributed by atoms with Crippen LogP contribution in [0.1, 0.15) is 47.0 Å². The lowest BCUT2D eigenvalue weighted by molar-refractivity contribution is -0.149. The third kappa shape index (κ3) is 1.93. The summed E-state index contributed by atoms with van der Waals surface area (Å²) in [5.74, 6) is 0.502. The molecule has 0 aromatic rings. The van der Waals surface area contributed by atoms with Crippen LogP contribution in [0.2, 0.25) is 0 Å². The van der Waals surface area contributed by atoms with E-state index in [4.69, 9.17) is 0 Å². The van der Waals surface area contributed by atoms with Gasteiger partial charge in [-0.3, -0.25) is 4.79 Å². The molecule has 1 saturated carbocycles. The minimum atomic E-state index is -0.736. The molecule has 0 radical (unpaired) electrons. The standard InChI is InChI=1S/C13H22N2O/c1-6-12(3,4)15(5)11(16)13(9-14)7-10(2)8-13/h10H,6-8H2,1-5H3.